The zero-order valence-corrected chi connectivity index (χ0v) is 12.7. The highest BCUT2D eigenvalue weighted by molar-refractivity contribution is 5.79. The molecular weight excluding hydrogens is 248 g/mol. The summed E-state index contributed by atoms with van der Waals surface area (Å²) in [4.78, 5) is 14.7. The van der Waals surface area contributed by atoms with Crippen LogP contribution in [-0.4, -0.2) is 17.4 Å². The Bertz CT molecular complexity index is 464. The molecule has 0 atom stereocenters. The van der Waals surface area contributed by atoms with Gasteiger partial charge in [-0.05, 0) is 42.5 Å². The highest BCUT2D eigenvalue weighted by Gasteiger charge is 2.26. The van der Waals surface area contributed by atoms with Crippen molar-refractivity contribution in [2.45, 2.75) is 52.5 Å². The number of hydrogen-bond donors (Lipinski definition) is 1. The van der Waals surface area contributed by atoms with Crippen molar-refractivity contribution in [2.24, 2.45) is 5.92 Å². The number of anilines is 1. The molecule has 0 saturated heterocycles. The Hall–Kier alpha value is -1.51. The smallest absolute Gasteiger partial charge is 0.225 e. The average molecular weight is 274 g/mol. The fourth-order valence-electron chi connectivity index (χ4n) is 3.11. The van der Waals surface area contributed by atoms with Gasteiger partial charge in [-0.2, -0.15) is 0 Å². The SMILES string of the molecule is CCCC(CCC)C(=O)N1CCc2ccc(N)cc2C1. The lowest BCUT2D eigenvalue weighted by Gasteiger charge is -2.32. The number of amides is 1. The van der Waals surface area contributed by atoms with Crippen LogP contribution in [0.25, 0.3) is 0 Å². The van der Waals surface area contributed by atoms with Crippen LogP contribution in [0.3, 0.4) is 0 Å². The van der Waals surface area contributed by atoms with Crippen molar-refractivity contribution in [3.05, 3.63) is 29.3 Å². The predicted molar refractivity (Wildman–Crippen MR) is 83.3 cm³/mol. The van der Waals surface area contributed by atoms with Crippen molar-refractivity contribution >= 4 is 11.6 Å². The summed E-state index contributed by atoms with van der Waals surface area (Å²) in [6, 6.07) is 6.07. The van der Waals surface area contributed by atoms with Crippen molar-refractivity contribution in [2.75, 3.05) is 12.3 Å². The summed E-state index contributed by atoms with van der Waals surface area (Å²) in [5, 5.41) is 0. The van der Waals surface area contributed by atoms with E-state index in [4.69, 9.17) is 5.73 Å². The van der Waals surface area contributed by atoms with Crippen LogP contribution in [0.4, 0.5) is 5.69 Å². The van der Waals surface area contributed by atoms with Crippen molar-refractivity contribution in [1.29, 1.82) is 0 Å². The second-order valence-corrected chi connectivity index (χ2v) is 5.81. The van der Waals surface area contributed by atoms with E-state index in [2.05, 4.69) is 19.9 Å². The quantitative estimate of drug-likeness (QED) is 0.837. The van der Waals surface area contributed by atoms with E-state index in [0.29, 0.717) is 5.91 Å². The second kappa shape index (κ2) is 6.78. The van der Waals surface area contributed by atoms with E-state index >= 15 is 0 Å². The molecule has 0 fully saturated rings. The fourth-order valence-corrected chi connectivity index (χ4v) is 3.11. The lowest BCUT2D eigenvalue weighted by Crippen LogP contribution is -2.39. The lowest BCUT2D eigenvalue weighted by molar-refractivity contribution is -0.137. The van der Waals surface area contributed by atoms with Gasteiger partial charge in [0.05, 0.1) is 0 Å². The maximum Gasteiger partial charge on any atom is 0.225 e. The summed E-state index contributed by atoms with van der Waals surface area (Å²) >= 11 is 0. The van der Waals surface area contributed by atoms with Gasteiger partial charge in [-0.25, -0.2) is 0 Å². The Morgan fingerprint density at radius 1 is 1.25 bits per heavy atom. The number of fused-ring (bicyclic) bond motifs is 1. The van der Waals surface area contributed by atoms with Crippen LogP contribution < -0.4 is 5.73 Å². The summed E-state index contributed by atoms with van der Waals surface area (Å²) in [6.07, 6.45) is 5.12. The Morgan fingerprint density at radius 2 is 1.95 bits per heavy atom. The molecule has 20 heavy (non-hydrogen) atoms. The summed E-state index contributed by atoms with van der Waals surface area (Å²) in [7, 11) is 0. The molecule has 1 heterocycles. The van der Waals surface area contributed by atoms with E-state index in [-0.39, 0.29) is 5.92 Å². The number of benzene rings is 1. The second-order valence-electron chi connectivity index (χ2n) is 5.81. The minimum Gasteiger partial charge on any atom is -0.399 e. The Kier molecular flexibility index (Phi) is 5.05. The minimum absolute atomic E-state index is 0.201. The molecule has 0 aromatic heterocycles. The molecule has 2 rings (SSSR count). The maximum atomic E-state index is 12.7. The number of nitrogens with two attached hydrogens (primary N) is 1. The number of carbonyl (C=O) groups excluding carboxylic acids is 1. The molecule has 0 radical (unpaired) electrons. The van der Waals surface area contributed by atoms with Crippen LogP contribution in [0.2, 0.25) is 0 Å². The zero-order valence-electron chi connectivity index (χ0n) is 12.7. The van der Waals surface area contributed by atoms with Crippen LogP contribution >= 0.6 is 0 Å². The molecule has 0 bridgehead atoms. The first-order valence-electron chi connectivity index (χ1n) is 7.81. The van der Waals surface area contributed by atoms with Gasteiger partial charge in [-0.1, -0.05) is 32.8 Å². The predicted octanol–water partition coefficient (Wildman–Crippen LogP) is 3.37. The number of nitrogens with zero attached hydrogens (tertiary/aromatic N) is 1. The average Bonchev–Trinajstić information content (AvgIpc) is 2.45. The van der Waals surface area contributed by atoms with Crippen molar-refractivity contribution in [3.8, 4) is 0 Å². The van der Waals surface area contributed by atoms with E-state index in [0.717, 1.165) is 50.9 Å². The van der Waals surface area contributed by atoms with Gasteiger partial charge in [0.1, 0.15) is 0 Å². The number of nitrogen functional groups attached to an aromatic ring is 1. The van der Waals surface area contributed by atoms with E-state index in [9.17, 15) is 4.79 Å². The van der Waals surface area contributed by atoms with E-state index in [1.54, 1.807) is 0 Å². The fraction of sp³-hybridized carbons (Fsp3) is 0.588. The van der Waals surface area contributed by atoms with Gasteiger partial charge < -0.3 is 10.6 Å². The van der Waals surface area contributed by atoms with Crippen LogP contribution in [0.1, 0.15) is 50.7 Å². The summed E-state index contributed by atoms with van der Waals surface area (Å²) in [5.74, 6) is 0.536. The topological polar surface area (TPSA) is 46.3 Å². The molecular formula is C17H26N2O. The van der Waals surface area contributed by atoms with Crippen LogP contribution in [0.15, 0.2) is 18.2 Å². The lowest BCUT2D eigenvalue weighted by atomic mass is 9.94. The molecule has 1 aromatic carbocycles. The Balaban J connectivity index is 2.08. The van der Waals surface area contributed by atoms with Gasteiger partial charge in [0.15, 0.2) is 0 Å². The molecule has 0 saturated carbocycles. The molecule has 110 valence electrons. The largest absolute Gasteiger partial charge is 0.399 e. The molecule has 2 N–H and O–H groups in total. The summed E-state index contributed by atoms with van der Waals surface area (Å²) in [6.45, 7) is 5.88. The van der Waals surface area contributed by atoms with Crippen LogP contribution in [0.5, 0.6) is 0 Å². The molecule has 0 spiro atoms. The molecule has 1 aromatic rings. The molecule has 1 aliphatic rings. The summed E-state index contributed by atoms with van der Waals surface area (Å²) in [5.41, 5.74) is 9.20. The molecule has 0 aliphatic carbocycles. The van der Waals surface area contributed by atoms with E-state index < -0.39 is 0 Å². The van der Waals surface area contributed by atoms with Crippen LogP contribution in [-0.2, 0) is 17.8 Å². The van der Waals surface area contributed by atoms with Crippen LogP contribution in [0, 0.1) is 5.92 Å². The third kappa shape index (κ3) is 3.33. The first kappa shape index (κ1) is 14.9. The van der Waals surface area contributed by atoms with Crippen molar-refractivity contribution in [3.63, 3.8) is 0 Å². The highest BCUT2D eigenvalue weighted by Crippen LogP contribution is 2.24. The Morgan fingerprint density at radius 3 is 2.60 bits per heavy atom. The summed E-state index contributed by atoms with van der Waals surface area (Å²) < 4.78 is 0. The Labute approximate surface area is 122 Å². The van der Waals surface area contributed by atoms with Gasteiger partial charge >= 0.3 is 0 Å². The highest BCUT2D eigenvalue weighted by atomic mass is 16.2. The molecule has 1 aliphatic heterocycles. The van der Waals surface area contributed by atoms with Gasteiger partial charge in [-0.15, -0.1) is 0 Å². The first-order valence-corrected chi connectivity index (χ1v) is 7.81. The first-order chi connectivity index (χ1) is 9.65. The van der Waals surface area contributed by atoms with Gasteiger partial charge in [0.2, 0.25) is 5.91 Å². The normalized spacial score (nSPS) is 14.4. The standard InChI is InChI=1S/C17H26N2O/c1-3-5-14(6-4-2)17(20)19-10-9-13-7-8-16(18)11-15(13)12-19/h7-8,11,14H,3-6,9-10,12,18H2,1-2H3. The zero-order chi connectivity index (χ0) is 14.5. The number of hydrogen-bond acceptors (Lipinski definition) is 2. The molecule has 3 nitrogen and oxygen atoms in total. The third-order valence-electron chi connectivity index (χ3n) is 4.18. The van der Waals surface area contributed by atoms with E-state index in [1.165, 1.54) is 11.1 Å². The van der Waals surface area contributed by atoms with Gasteiger partial charge in [0, 0.05) is 24.7 Å². The molecule has 3 heteroatoms. The van der Waals surface area contributed by atoms with Gasteiger partial charge in [0.25, 0.3) is 0 Å². The number of rotatable bonds is 5. The number of carbonyl (C=O) groups is 1. The van der Waals surface area contributed by atoms with Crippen molar-refractivity contribution < 1.29 is 4.79 Å². The third-order valence-corrected chi connectivity index (χ3v) is 4.18. The van der Waals surface area contributed by atoms with Gasteiger partial charge in [-0.3, -0.25) is 4.79 Å². The molecule has 1 amide bonds. The monoisotopic (exact) mass is 274 g/mol. The van der Waals surface area contributed by atoms with E-state index in [1.807, 2.05) is 17.0 Å². The molecule has 0 unspecified atom stereocenters. The van der Waals surface area contributed by atoms with Crippen molar-refractivity contribution in [1.82, 2.24) is 4.90 Å². The minimum atomic E-state index is 0.201. The maximum absolute atomic E-state index is 12.7.